The van der Waals surface area contributed by atoms with E-state index in [0.717, 1.165) is 31.6 Å². The second-order valence-electron chi connectivity index (χ2n) is 8.08. The van der Waals surface area contributed by atoms with E-state index in [2.05, 4.69) is 15.4 Å². The lowest BCUT2D eigenvalue weighted by molar-refractivity contribution is 0.0944. The monoisotopic (exact) mass is 455 g/mol. The van der Waals surface area contributed by atoms with Crippen LogP contribution in [0.25, 0.3) is 5.69 Å². The van der Waals surface area contributed by atoms with Crippen molar-refractivity contribution >= 4 is 5.91 Å². The van der Waals surface area contributed by atoms with E-state index in [1.54, 1.807) is 18.3 Å². The summed E-state index contributed by atoms with van der Waals surface area (Å²) in [4.78, 5) is 43.6. The normalized spacial score (nSPS) is 10.8. The van der Waals surface area contributed by atoms with Gasteiger partial charge in [0.05, 0.1) is 12.2 Å². The molecule has 0 spiro atoms. The molecule has 172 valence electrons. The first-order valence-electron chi connectivity index (χ1n) is 11.0. The summed E-state index contributed by atoms with van der Waals surface area (Å²) in [6.45, 7) is 4.19. The van der Waals surface area contributed by atoms with Crippen LogP contribution < -0.4 is 16.6 Å². The zero-order valence-corrected chi connectivity index (χ0v) is 19.1. The maximum atomic E-state index is 13.2. The van der Waals surface area contributed by atoms with Crippen LogP contribution in [-0.4, -0.2) is 31.8 Å². The fraction of sp³-hybridized carbons (Fsp3) is 0.192. The summed E-state index contributed by atoms with van der Waals surface area (Å²) >= 11 is 0. The number of hydrogen-bond acceptors (Lipinski definition) is 5. The van der Waals surface area contributed by atoms with Gasteiger partial charge >= 0.3 is 5.69 Å². The average molecular weight is 456 g/mol. The molecule has 0 radical (unpaired) electrons. The van der Waals surface area contributed by atoms with E-state index < -0.39 is 17.2 Å². The molecule has 0 aliphatic rings. The summed E-state index contributed by atoms with van der Waals surface area (Å²) in [5.74, 6) is -0.639. The van der Waals surface area contributed by atoms with Gasteiger partial charge in [0.2, 0.25) is 5.69 Å². The molecule has 0 saturated carbocycles. The first kappa shape index (κ1) is 22.8. The van der Waals surface area contributed by atoms with Crippen molar-refractivity contribution in [3.63, 3.8) is 0 Å². The van der Waals surface area contributed by atoms with Crippen molar-refractivity contribution in [2.45, 2.75) is 26.8 Å². The highest BCUT2D eigenvalue weighted by molar-refractivity contribution is 5.91. The minimum atomic E-state index is -0.732. The van der Waals surface area contributed by atoms with Gasteiger partial charge in [-0.25, -0.2) is 4.79 Å². The Morgan fingerprint density at radius 2 is 1.59 bits per heavy atom. The Morgan fingerprint density at radius 3 is 2.24 bits per heavy atom. The zero-order chi connectivity index (χ0) is 24.1. The topological polar surface area (TPSA) is 98.9 Å². The molecule has 4 rings (SSSR count). The number of amides is 1. The van der Waals surface area contributed by atoms with Gasteiger partial charge in [-0.1, -0.05) is 53.6 Å². The van der Waals surface area contributed by atoms with Crippen molar-refractivity contribution in [3.05, 3.63) is 122 Å². The molecule has 2 aromatic carbocycles. The van der Waals surface area contributed by atoms with Crippen molar-refractivity contribution in [2.24, 2.45) is 0 Å². The van der Waals surface area contributed by atoms with E-state index in [4.69, 9.17) is 0 Å². The van der Waals surface area contributed by atoms with Crippen LogP contribution in [-0.2, 0) is 13.0 Å². The number of carbonyl (C=O) groups is 1. The van der Waals surface area contributed by atoms with E-state index in [0.29, 0.717) is 12.1 Å². The molecule has 34 heavy (non-hydrogen) atoms. The Balaban J connectivity index is 1.70. The van der Waals surface area contributed by atoms with Crippen LogP contribution in [0.2, 0.25) is 0 Å². The second kappa shape index (κ2) is 10.1. The highest BCUT2D eigenvalue weighted by Gasteiger charge is 2.20. The van der Waals surface area contributed by atoms with Crippen LogP contribution in [0.3, 0.4) is 0 Å². The van der Waals surface area contributed by atoms with E-state index in [1.807, 2.05) is 68.4 Å². The predicted molar refractivity (Wildman–Crippen MR) is 129 cm³/mol. The number of carbonyl (C=O) groups excluding carboxylic acids is 1. The van der Waals surface area contributed by atoms with Gasteiger partial charge in [0.15, 0.2) is 0 Å². The largest absolute Gasteiger partial charge is 0.352 e. The van der Waals surface area contributed by atoms with Crippen LogP contribution in [0.15, 0.2) is 82.5 Å². The Kier molecular flexibility index (Phi) is 6.77. The van der Waals surface area contributed by atoms with E-state index in [1.165, 1.54) is 0 Å². The van der Waals surface area contributed by atoms with Crippen molar-refractivity contribution < 1.29 is 4.79 Å². The zero-order valence-electron chi connectivity index (χ0n) is 19.1. The highest BCUT2D eigenvalue weighted by atomic mass is 16.2. The molecule has 4 aromatic rings. The van der Waals surface area contributed by atoms with Gasteiger partial charge < -0.3 is 5.32 Å². The number of benzene rings is 2. The quantitative estimate of drug-likeness (QED) is 0.462. The van der Waals surface area contributed by atoms with Crippen molar-refractivity contribution in [3.8, 4) is 5.69 Å². The molecule has 0 atom stereocenters. The summed E-state index contributed by atoms with van der Waals surface area (Å²) < 4.78 is 2.15. The second-order valence-corrected chi connectivity index (χ2v) is 8.08. The molecular formula is C26H25N5O3. The van der Waals surface area contributed by atoms with Crippen LogP contribution in [0, 0.1) is 13.8 Å². The summed E-state index contributed by atoms with van der Waals surface area (Å²) in [5.41, 5.74) is 2.45. The van der Waals surface area contributed by atoms with Crippen molar-refractivity contribution in [2.75, 3.05) is 6.54 Å². The van der Waals surface area contributed by atoms with Gasteiger partial charge in [0.25, 0.3) is 11.5 Å². The van der Waals surface area contributed by atoms with Gasteiger partial charge in [0.1, 0.15) is 0 Å². The van der Waals surface area contributed by atoms with Gasteiger partial charge in [-0.05, 0) is 43.7 Å². The Morgan fingerprint density at radius 1 is 0.912 bits per heavy atom. The fourth-order valence-electron chi connectivity index (χ4n) is 3.46. The van der Waals surface area contributed by atoms with Gasteiger partial charge in [-0.15, -0.1) is 0 Å². The van der Waals surface area contributed by atoms with Crippen LogP contribution in [0.5, 0.6) is 0 Å². The number of hydrogen-bond donors (Lipinski definition) is 1. The standard InChI is InChI=1S/C26H25N5O3/c1-18-6-10-20(11-7-18)17-30-25(33)23(24(32)28-16-14-21-5-3-4-15-27-21)29-31(26(30)34)22-12-8-19(2)9-13-22/h3-13,15H,14,16-17H2,1-2H3,(H,28,32). The van der Waals surface area contributed by atoms with Crippen LogP contribution >= 0.6 is 0 Å². The fourth-order valence-corrected chi connectivity index (χ4v) is 3.46. The van der Waals surface area contributed by atoms with Crippen LogP contribution in [0.1, 0.15) is 32.9 Å². The van der Waals surface area contributed by atoms with E-state index in [9.17, 15) is 14.4 Å². The van der Waals surface area contributed by atoms with Gasteiger partial charge in [-0.2, -0.15) is 9.78 Å². The molecule has 0 aliphatic carbocycles. The molecule has 1 N–H and O–H groups in total. The van der Waals surface area contributed by atoms with Gasteiger partial charge in [0, 0.05) is 24.9 Å². The molecule has 0 saturated heterocycles. The molecule has 0 fully saturated rings. The number of rotatable bonds is 7. The number of nitrogens with zero attached hydrogens (tertiary/aromatic N) is 4. The number of aryl methyl sites for hydroxylation is 2. The lowest BCUT2D eigenvalue weighted by Crippen LogP contribution is -2.46. The first-order chi connectivity index (χ1) is 16.4. The number of nitrogens with one attached hydrogen (secondary N) is 1. The van der Waals surface area contributed by atoms with E-state index in [-0.39, 0.29) is 18.8 Å². The SMILES string of the molecule is Cc1ccc(Cn2c(=O)c(C(=O)NCCc3ccccn3)nn(-c3ccc(C)cc3)c2=O)cc1. The average Bonchev–Trinajstić information content (AvgIpc) is 2.84. The number of pyridine rings is 1. The molecule has 2 heterocycles. The molecule has 2 aromatic heterocycles. The Hall–Kier alpha value is -4.33. The smallest absolute Gasteiger partial charge is 0.350 e. The molecule has 0 aliphatic heterocycles. The minimum absolute atomic E-state index is 0.0283. The molecule has 0 bridgehead atoms. The summed E-state index contributed by atoms with van der Waals surface area (Å²) in [6, 6.07) is 20.2. The first-order valence-corrected chi connectivity index (χ1v) is 11.0. The molecule has 0 unspecified atom stereocenters. The molecule has 8 nitrogen and oxygen atoms in total. The van der Waals surface area contributed by atoms with Crippen molar-refractivity contribution in [1.82, 2.24) is 24.6 Å². The van der Waals surface area contributed by atoms with Gasteiger partial charge in [-0.3, -0.25) is 19.1 Å². The van der Waals surface area contributed by atoms with Crippen molar-refractivity contribution in [1.29, 1.82) is 0 Å². The third kappa shape index (κ3) is 5.17. The van der Waals surface area contributed by atoms with Crippen LogP contribution in [0.4, 0.5) is 0 Å². The molecular weight excluding hydrogens is 430 g/mol. The highest BCUT2D eigenvalue weighted by Crippen LogP contribution is 2.07. The molecule has 1 amide bonds. The third-order valence-corrected chi connectivity index (χ3v) is 5.41. The Labute approximate surface area is 196 Å². The minimum Gasteiger partial charge on any atom is -0.350 e. The number of aromatic nitrogens is 4. The van der Waals surface area contributed by atoms with E-state index >= 15 is 0 Å². The lowest BCUT2D eigenvalue weighted by atomic mass is 10.1. The summed E-state index contributed by atoms with van der Waals surface area (Å²) in [5, 5.41) is 6.88. The maximum absolute atomic E-state index is 13.2. The summed E-state index contributed by atoms with van der Waals surface area (Å²) in [7, 11) is 0. The maximum Gasteiger partial charge on any atom is 0.352 e. The molecule has 8 heteroatoms. The third-order valence-electron chi connectivity index (χ3n) is 5.41. The predicted octanol–water partition coefficient (Wildman–Crippen LogP) is 2.43. The Bertz CT molecular complexity index is 1410. The summed E-state index contributed by atoms with van der Waals surface area (Å²) in [6.07, 6.45) is 2.18. The lowest BCUT2D eigenvalue weighted by Gasteiger charge is -2.13.